The summed E-state index contributed by atoms with van der Waals surface area (Å²) < 4.78 is 0. The number of halogens is 2. The summed E-state index contributed by atoms with van der Waals surface area (Å²) in [6.45, 7) is 2.24. The SMILES string of the molecule is CC1C(N)CCC1Cc1cccc(Cl)c1Cl. The number of hydrogen-bond donors (Lipinski definition) is 1. The van der Waals surface area contributed by atoms with Crippen LogP contribution in [0.1, 0.15) is 25.3 Å². The Labute approximate surface area is 107 Å². The highest BCUT2D eigenvalue weighted by molar-refractivity contribution is 6.42. The maximum absolute atomic E-state index is 6.19. The van der Waals surface area contributed by atoms with Crippen molar-refractivity contribution >= 4 is 23.2 Å². The van der Waals surface area contributed by atoms with Gasteiger partial charge in [-0.3, -0.25) is 0 Å². The van der Waals surface area contributed by atoms with E-state index in [-0.39, 0.29) is 0 Å². The van der Waals surface area contributed by atoms with Gasteiger partial charge in [-0.1, -0.05) is 42.3 Å². The van der Waals surface area contributed by atoms with Crippen LogP contribution in [-0.4, -0.2) is 6.04 Å². The topological polar surface area (TPSA) is 26.0 Å². The predicted octanol–water partition coefficient (Wildman–Crippen LogP) is 3.91. The van der Waals surface area contributed by atoms with Crippen LogP contribution in [0.25, 0.3) is 0 Å². The van der Waals surface area contributed by atoms with Crippen LogP contribution in [0.15, 0.2) is 18.2 Å². The minimum Gasteiger partial charge on any atom is -0.327 e. The van der Waals surface area contributed by atoms with Gasteiger partial charge in [0, 0.05) is 6.04 Å². The van der Waals surface area contributed by atoms with Gasteiger partial charge in [0.15, 0.2) is 0 Å². The van der Waals surface area contributed by atoms with Crippen LogP contribution in [0.3, 0.4) is 0 Å². The molecule has 3 atom stereocenters. The lowest BCUT2D eigenvalue weighted by Crippen LogP contribution is -2.25. The van der Waals surface area contributed by atoms with Gasteiger partial charge in [-0.15, -0.1) is 0 Å². The fourth-order valence-electron chi connectivity index (χ4n) is 2.56. The average molecular weight is 258 g/mol. The van der Waals surface area contributed by atoms with Crippen LogP contribution in [-0.2, 0) is 6.42 Å². The van der Waals surface area contributed by atoms with E-state index < -0.39 is 0 Å². The molecule has 3 unspecified atom stereocenters. The van der Waals surface area contributed by atoms with Crippen molar-refractivity contribution in [2.75, 3.05) is 0 Å². The summed E-state index contributed by atoms with van der Waals surface area (Å²) in [4.78, 5) is 0. The minimum absolute atomic E-state index is 0.350. The van der Waals surface area contributed by atoms with Crippen LogP contribution < -0.4 is 5.73 Å². The summed E-state index contributed by atoms with van der Waals surface area (Å²) in [7, 11) is 0. The highest BCUT2D eigenvalue weighted by atomic mass is 35.5. The molecular formula is C13H17Cl2N. The van der Waals surface area contributed by atoms with Crippen molar-refractivity contribution in [3.8, 4) is 0 Å². The lowest BCUT2D eigenvalue weighted by Gasteiger charge is -2.18. The van der Waals surface area contributed by atoms with Crippen molar-refractivity contribution in [3.05, 3.63) is 33.8 Å². The molecule has 1 aromatic rings. The van der Waals surface area contributed by atoms with Gasteiger partial charge in [-0.2, -0.15) is 0 Å². The van der Waals surface area contributed by atoms with E-state index in [1.807, 2.05) is 12.1 Å². The summed E-state index contributed by atoms with van der Waals surface area (Å²) in [6, 6.07) is 6.20. The maximum Gasteiger partial charge on any atom is 0.0624 e. The van der Waals surface area contributed by atoms with E-state index in [9.17, 15) is 0 Å². The van der Waals surface area contributed by atoms with Gasteiger partial charge in [0.05, 0.1) is 10.0 Å². The first-order chi connectivity index (χ1) is 7.59. The maximum atomic E-state index is 6.19. The van der Waals surface area contributed by atoms with E-state index in [1.54, 1.807) is 0 Å². The number of benzene rings is 1. The van der Waals surface area contributed by atoms with E-state index in [1.165, 1.54) is 6.42 Å². The Morgan fingerprint density at radius 2 is 2.06 bits per heavy atom. The summed E-state index contributed by atoms with van der Waals surface area (Å²) in [6.07, 6.45) is 3.32. The Balaban J connectivity index is 2.12. The van der Waals surface area contributed by atoms with Crippen molar-refractivity contribution < 1.29 is 0 Å². The molecule has 0 bridgehead atoms. The van der Waals surface area contributed by atoms with E-state index in [4.69, 9.17) is 28.9 Å². The first-order valence-corrected chi connectivity index (χ1v) is 6.53. The van der Waals surface area contributed by atoms with Crippen LogP contribution in [0.4, 0.5) is 0 Å². The second kappa shape index (κ2) is 4.95. The third kappa shape index (κ3) is 2.37. The lowest BCUT2D eigenvalue weighted by molar-refractivity contribution is 0.390. The Morgan fingerprint density at radius 1 is 1.31 bits per heavy atom. The van der Waals surface area contributed by atoms with Crippen LogP contribution >= 0.6 is 23.2 Å². The quantitative estimate of drug-likeness (QED) is 0.855. The highest BCUT2D eigenvalue weighted by Gasteiger charge is 2.30. The lowest BCUT2D eigenvalue weighted by atomic mass is 9.90. The number of hydrogen-bond acceptors (Lipinski definition) is 1. The second-order valence-corrected chi connectivity index (χ2v) is 5.56. The molecule has 1 aromatic carbocycles. The first-order valence-electron chi connectivity index (χ1n) is 5.78. The standard InChI is InChI=1S/C13H17Cl2N/c1-8-9(5-6-12(8)16)7-10-3-2-4-11(14)13(10)15/h2-4,8-9,12H,5-7,16H2,1H3. The molecule has 3 heteroatoms. The summed E-state index contributed by atoms with van der Waals surface area (Å²) in [5, 5.41) is 1.35. The van der Waals surface area contributed by atoms with Crippen LogP contribution in [0.5, 0.6) is 0 Å². The molecule has 1 nitrogen and oxygen atoms in total. The van der Waals surface area contributed by atoms with E-state index in [2.05, 4.69) is 13.0 Å². The summed E-state index contributed by atoms with van der Waals surface area (Å²) >= 11 is 12.2. The Hall–Kier alpha value is -0.240. The predicted molar refractivity (Wildman–Crippen MR) is 70.0 cm³/mol. The van der Waals surface area contributed by atoms with Crippen molar-refractivity contribution in [3.63, 3.8) is 0 Å². The van der Waals surface area contributed by atoms with Crippen molar-refractivity contribution in [2.45, 2.75) is 32.2 Å². The molecule has 0 saturated heterocycles. The molecule has 0 aliphatic heterocycles. The van der Waals surface area contributed by atoms with Crippen molar-refractivity contribution in [1.29, 1.82) is 0 Å². The molecule has 2 rings (SSSR count). The zero-order chi connectivity index (χ0) is 11.7. The molecule has 88 valence electrons. The first kappa shape index (κ1) is 12.2. The van der Waals surface area contributed by atoms with E-state index >= 15 is 0 Å². The summed E-state index contributed by atoms with van der Waals surface area (Å²) in [5.74, 6) is 1.22. The molecule has 1 fully saturated rings. The largest absolute Gasteiger partial charge is 0.327 e. The van der Waals surface area contributed by atoms with E-state index in [0.29, 0.717) is 27.9 Å². The third-order valence-corrected chi connectivity index (χ3v) is 4.66. The molecule has 0 heterocycles. The fraction of sp³-hybridized carbons (Fsp3) is 0.538. The molecule has 16 heavy (non-hydrogen) atoms. The minimum atomic E-state index is 0.350. The van der Waals surface area contributed by atoms with Gasteiger partial charge < -0.3 is 5.73 Å². The van der Waals surface area contributed by atoms with Gasteiger partial charge in [0.1, 0.15) is 0 Å². The van der Waals surface area contributed by atoms with Gasteiger partial charge in [0.25, 0.3) is 0 Å². The van der Waals surface area contributed by atoms with Gasteiger partial charge in [-0.05, 0) is 42.7 Å². The van der Waals surface area contributed by atoms with Gasteiger partial charge in [0.2, 0.25) is 0 Å². The van der Waals surface area contributed by atoms with E-state index in [0.717, 1.165) is 18.4 Å². The van der Waals surface area contributed by atoms with Crippen LogP contribution in [0.2, 0.25) is 10.0 Å². The molecular weight excluding hydrogens is 241 g/mol. The van der Waals surface area contributed by atoms with Gasteiger partial charge in [-0.25, -0.2) is 0 Å². The average Bonchev–Trinajstić information content (AvgIpc) is 2.57. The Kier molecular flexibility index (Phi) is 3.78. The van der Waals surface area contributed by atoms with Gasteiger partial charge >= 0.3 is 0 Å². The molecule has 0 radical (unpaired) electrons. The summed E-state index contributed by atoms with van der Waals surface area (Å²) in [5.41, 5.74) is 7.18. The molecule has 0 amide bonds. The second-order valence-electron chi connectivity index (χ2n) is 4.78. The van der Waals surface area contributed by atoms with Crippen LogP contribution in [0, 0.1) is 11.8 Å². The zero-order valence-electron chi connectivity index (χ0n) is 9.42. The zero-order valence-corrected chi connectivity index (χ0v) is 10.9. The highest BCUT2D eigenvalue weighted by Crippen LogP contribution is 2.36. The molecule has 1 aliphatic carbocycles. The van der Waals surface area contributed by atoms with Crippen molar-refractivity contribution in [2.24, 2.45) is 17.6 Å². The van der Waals surface area contributed by atoms with Crippen molar-refractivity contribution in [1.82, 2.24) is 0 Å². The monoisotopic (exact) mass is 257 g/mol. The molecule has 0 aromatic heterocycles. The number of rotatable bonds is 2. The Morgan fingerprint density at radius 3 is 2.69 bits per heavy atom. The normalized spacial score (nSPS) is 29.6. The number of nitrogens with two attached hydrogens (primary N) is 1. The molecule has 1 saturated carbocycles. The fourth-order valence-corrected chi connectivity index (χ4v) is 2.96. The molecule has 2 N–H and O–H groups in total. The molecule has 0 spiro atoms. The molecule has 1 aliphatic rings. The Bertz CT molecular complexity index is 378. The third-order valence-electron chi connectivity index (χ3n) is 3.80. The smallest absolute Gasteiger partial charge is 0.0624 e.